The standard InChI is InChI=1S/C15H31N3/c1-4-6-14(16-2)12-18-10-8-15-13(11-18)7-5-9-17(15)3/h13-16H,4-12H2,1-3H3. The first kappa shape index (κ1) is 14.3. The lowest BCUT2D eigenvalue weighted by Gasteiger charge is -2.46. The third-order valence-electron chi connectivity index (χ3n) is 4.95. The van der Waals surface area contributed by atoms with Gasteiger partial charge in [0.2, 0.25) is 0 Å². The SMILES string of the molecule is CCCC(CN1CCC2C(CCCN2C)C1)NC. The minimum absolute atomic E-state index is 0.688. The van der Waals surface area contributed by atoms with Crippen molar-refractivity contribution in [2.24, 2.45) is 5.92 Å². The fraction of sp³-hybridized carbons (Fsp3) is 1.00. The van der Waals surface area contributed by atoms with Gasteiger partial charge < -0.3 is 15.1 Å². The van der Waals surface area contributed by atoms with Crippen molar-refractivity contribution in [2.45, 2.75) is 51.1 Å². The normalized spacial score (nSPS) is 32.2. The summed E-state index contributed by atoms with van der Waals surface area (Å²) >= 11 is 0. The van der Waals surface area contributed by atoms with E-state index in [4.69, 9.17) is 0 Å². The molecule has 3 atom stereocenters. The summed E-state index contributed by atoms with van der Waals surface area (Å²) in [5.74, 6) is 0.927. The largest absolute Gasteiger partial charge is 0.316 e. The molecule has 0 amide bonds. The van der Waals surface area contributed by atoms with Crippen LogP contribution in [0.3, 0.4) is 0 Å². The Hall–Kier alpha value is -0.120. The number of nitrogens with zero attached hydrogens (tertiary/aromatic N) is 2. The Balaban J connectivity index is 1.82. The molecule has 0 bridgehead atoms. The summed E-state index contributed by atoms with van der Waals surface area (Å²) in [5, 5.41) is 3.48. The third-order valence-corrected chi connectivity index (χ3v) is 4.95. The minimum Gasteiger partial charge on any atom is -0.316 e. The van der Waals surface area contributed by atoms with Gasteiger partial charge in [-0.25, -0.2) is 0 Å². The number of piperidine rings is 2. The number of rotatable bonds is 5. The highest BCUT2D eigenvalue weighted by Gasteiger charge is 2.34. The lowest BCUT2D eigenvalue weighted by molar-refractivity contribution is 0.0348. The van der Waals surface area contributed by atoms with E-state index < -0.39 is 0 Å². The van der Waals surface area contributed by atoms with Gasteiger partial charge in [-0.3, -0.25) is 0 Å². The number of fused-ring (bicyclic) bond motifs is 1. The quantitative estimate of drug-likeness (QED) is 0.806. The second-order valence-electron chi connectivity index (χ2n) is 6.27. The van der Waals surface area contributed by atoms with E-state index in [1.807, 2.05) is 0 Å². The molecule has 18 heavy (non-hydrogen) atoms. The summed E-state index contributed by atoms with van der Waals surface area (Å²) < 4.78 is 0. The van der Waals surface area contributed by atoms with Gasteiger partial charge in [-0.2, -0.15) is 0 Å². The highest BCUT2D eigenvalue weighted by Crippen LogP contribution is 2.29. The summed E-state index contributed by atoms with van der Waals surface area (Å²) in [4.78, 5) is 5.31. The molecule has 1 N–H and O–H groups in total. The Morgan fingerprint density at radius 2 is 2.11 bits per heavy atom. The first-order chi connectivity index (χ1) is 8.74. The fourth-order valence-electron chi connectivity index (χ4n) is 3.88. The predicted octanol–water partition coefficient (Wildman–Crippen LogP) is 1.79. The molecule has 2 heterocycles. The van der Waals surface area contributed by atoms with E-state index in [2.05, 4.69) is 36.1 Å². The summed E-state index contributed by atoms with van der Waals surface area (Å²) in [5.41, 5.74) is 0. The maximum Gasteiger partial charge on any atom is 0.0191 e. The molecule has 0 saturated carbocycles. The number of likely N-dealkylation sites (N-methyl/N-ethyl adjacent to an activating group) is 1. The zero-order valence-electron chi connectivity index (χ0n) is 12.5. The van der Waals surface area contributed by atoms with Crippen molar-refractivity contribution in [1.29, 1.82) is 0 Å². The molecule has 2 fully saturated rings. The smallest absolute Gasteiger partial charge is 0.0191 e. The van der Waals surface area contributed by atoms with Crippen molar-refractivity contribution < 1.29 is 0 Å². The molecule has 2 saturated heterocycles. The molecule has 2 rings (SSSR count). The van der Waals surface area contributed by atoms with Crippen LogP contribution < -0.4 is 5.32 Å². The van der Waals surface area contributed by atoms with Gasteiger partial charge in [-0.05, 0) is 58.8 Å². The average molecular weight is 253 g/mol. The van der Waals surface area contributed by atoms with Crippen LogP contribution in [-0.4, -0.2) is 62.2 Å². The van der Waals surface area contributed by atoms with Gasteiger partial charge in [0.1, 0.15) is 0 Å². The maximum atomic E-state index is 3.48. The van der Waals surface area contributed by atoms with Crippen molar-refractivity contribution in [1.82, 2.24) is 15.1 Å². The van der Waals surface area contributed by atoms with E-state index in [0.717, 1.165) is 12.0 Å². The van der Waals surface area contributed by atoms with E-state index >= 15 is 0 Å². The Bertz CT molecular complexity index is 244. The molecule has 0 aromatic carbocycles. The zero-order chi connectivity index (χ0) is 13.0. The molecular weight excluding hydrogens is 222 g/mol. The van der Waals surface area contributed by atoms with Crippen molar-refractivity contribution in [3.8, 4) is 0 Å². The molecule has 0 aromatic rings. The Morgan fingerprint density at radius 1 is 1.28 bits per heavy atom. The summed E-state index contributed by atoms with van der Waals surface area (Å²) in [6.07, 6.45) is 6.82. The van der Waals surface area contributed by atoms with Crippen LogP contribution in [0.5, 0.6) is 0 Å². The van der Waals surface area contributed by atoms with Crippen LogP contribution in [0.25, 0.3) is 0 Å². The van der Waals surface area contributed by atoms with Crippen LogP contribution in [-0.2, 0) is 0 Å². The van der Waals surface area contributed by atoms with Crippen LogP contribution >= 0.6 is 0 Å². The number of hydrogen-bond donors (Lipinski definition) is 1. The van der Waals surface area contributed by atoms with Gasteiger partial charge in [0.25, 0.3) is 0 Å². The highest BCUT2D eigenvalue weighted by molar-refractivity contribution is 4.90. The van der Waals surface area contributed by atoms with Crippen molar-refractivity contribution >= 4 is 0 Å². The van der Waals surface area contributed by atoms with Gasteiger partial charge in [-0.1, -0.05) is 13.3 Å². The molecular formula is C15H31N3. The van der Waals surface area contributed by atoms with Gasteiger partial charge in [0.15, 0.2) is 0 Å². The highest BCUT2D eigenvalue weighted by atomic mass is 15.2. The van der Waals surface area contributed by atoms with Crippen molar-refractivity contribution in [3.05, 3.63) is 0 Å². The third kappa shape index (κ3) is 3.46. The lowest BCUT2D eigenvalue weighted by atomic mass is 9.84. The van der Waals surface area contributed by atoms with Crippen LogP contribution in [0.1, 0.15) is 39.0 Å². The summed E-state index contributed by atoms with van der Waals surface area (Å²) in [7, 11) is 4.43. The van der Waals surface area contributed by atoms with E-state index in [1.54, 1.807) is 0 Å². The Kier molecular flexibility index (Phi) is 5.46. The van der Waals surface area contributed by atoms with E-state index in [9.17, 15) is 0 Å². The molecule has 0 spiro atoms. The molecule has 3 unspecified atom stereocenters. The summed E-state index contributed by atoms with van der Waals surface area (Å²) in [6.45, 7) is 7.48. The van der Waals surface area contributed by atoms with Gasteiger partial charge in [0, 0.05) is 25.2 Å². The topological polar surface area (TPSA) is 18.5 Å². The van der Waals surface area contributed by atoms with E-state index in [1.165, 1.54) is 58.3 Å². The van der Waals surface area contributed by atoms with Crippen LogP contribution in [0.2, 0.25) is 0 Å². The molecule has 106 valence electrons. The van der Waals surface area contributed by atoms with Crippen LogP contribution in [0.4, 0.5) is 0 Å². The molecule has 3 heteroatoms. The predicted molar refractivity (Wildman–Crippen MR) is 78.0 cm³/mol. The molecule has 0 radical (unpaired) electrons. The molecule has 0 aromatic heterocycles. The number of hydrogen-bond acceptors (Lipinski definition) is 3. The van der Waals surface area contributed by atoms with E-state index in [-0.39, 0.29) is 0 Å². The van der Waals surface area contributed by atoms with Gasteiger partial charge >= 0.3 is 0 Å². The number of nitrogens with one attached hydrogen (secondary N) is 1. The van der Waals surface area contributed by atoms with Crippen molar-refractivity contribution in [2.75, 3.05) is 40.3 Å². The first-order valence-corrected chi connectivity index (χ1v) is 7.84. The van der Waals surface area contributed by atoms with Crippen LogP contribution in [0.15, 0.2) is 0 Å². The number of likely N-dealkylation sites (tertiary alicyclic amines) is 2. The second kappa shape index (κ2) is 6.88. The zero-order valence-corrected chi connectivity index (χ0v) is 12.5. The fourth-order valence-corrected chi connectivity index (χ4v) is 3.88. The van der Waals surface area contributed by atoms with Gasteiger partial charge in [0.05, 0.1) is 0 Å². The Labute approximate surface area is 113 Å². The maximum absolute atomic E-state index is 3.48. The van der Waals surface area contributed by atoms with E-state index in [0.29, 0.717) is 6.04 Å². The lowest BCUT2D eigenvalue weighted by Crippen LogP contribution is -2.54. The van der Waals surface area contributed by atoms with Crippen LogP contribution in [0, 0.1) is 5.92 Å². The summed E-state index contributed by atoms with van der Waals surface area (Å²) in [6, 6.07) is 1.56. The Morgan fingerprint density at radius 3 is 2.83 bits per heavy atom. The minimum atomic E-state index is 0.688. The second-order valence-corrected chi connectivity index (χ2v) is 6.27. The molecule has 2 aliphatic rings. The molecule has 0 aliphatic carbocycles. The first-order valence-electron chi connectivity index (χ1n) is 7.84. The molecule has 2 aliphatic heterocycles. The average Bonchev–Trinajstić information content (AvgIpc) is 2.38. The monoisotopic (exact) mass is 253 g/mol. The van der Waals surface area contributed by atoms with Gasteiger partial charge in [-0.15, -0.1) is 0 Å². The molecule has 3 nitrogen and oxygen atoms in total. The van der Waals surface area contributed by atoms with Crippen molar-refractivity contribution in [3.63, 3.8) is 0 Å².